The summed E-state index contributed by atoms with van der Waals surface area (Å²) in [5.74, 6) is 0.375. The highest BCUT2D eigenvalue weighted by molar-refractivity contribution is 7.17. The number of hydroxylamine groups is 1. The minimum Gasteiger partial charge on any atom is -0.348 e. The van der Waals surface area contributed by atoms with E-state index in [4.69, 9.17) is 16.4 Å². The Kier molecular flexibility index (Phi) is 6.32. The quantitative estimate of drug-likeness (QED) is 0.750. The average molecular weight is 418 g/mol. The predicted octanol–water partition coefficient (Wildman–Crippen LogP) is 3.83. The molecular formula is C21H24ClN3O2S. The van der Waals surface area contributed by atoms with Gasteiger partial charge in [-0.25, -0.2) is 0 Å². The highest BCUT2D eigenvalue weighted by Gasteiger charge is 2.27. The lowest BCUT2D eigenvalue weighted by atomic mass is 9.93. The Morgan fingerprint density at radius 2 is 2.00 bits per heavy atom. The number of rotatable bonds is 6. The molecule has 1 atom stereocenters. The molecule has 2 N–H and O–H groups in total. The fraction of sp³-hybridized carbons (Fsp3) is 0.381. The van der Waals surface area contributed by atoms with Gasteiger partial charge in [-0.3, -0.25) is 20.0 Å². The van der Waals surface area contributed by atoms with E-state index in [1.165, 1.54) is 16.9 Å². The van der Waals surface area contributed by atoms with Crippen LogP contribution >= 0.6 is 22.9 Å². The first-order valence-corrected chi connectivity index (χ1v) is 10.8. The molecule has 1 unspecified atom stereocenters. The zero-order valence-corrected chi connectivity index (χ0v) is 17.1. The van der Waals surface area contributed by atoms with Gasteiger partial charge in [0, 0.05) is 18.2 Å². The first-order chi connectivity index (χ1) is 13.7. The number of thiophene rings is 1. The normalized spacial score (nSPS) is 20.6. The van der Waals surface area contributed by atoms with Crippen LogP contribution in [0.4, 0.5) is 0 Å². The Morgan fingerprint density at radius 3 is 2.71 bits per heavy atom. The number of halogens is 1. The number of allylic oxidation sites excluding steroid dienone is 1. The van der Waals surface area contributed by atoms with Crippen LogP contribution in [0.5, 0.6) is 0 Å². The molecule has 3 heterocycles. The maximum Gasteiger partial charge on any atom is 0.261 e. The third kappa shape index (κ3) is 4.94. The molecule has 4 rings (SSSR count). The summed E-state index contributed by atoms with van der Waals surface area (Å²) in [5, 5.41) is 2.91. The van der Waals surface area contributed by atoms with Gasteiger partial charge >= 0.3 is 0 Å². The zero-order valence-electron chi connectivity index (χ0n) is 15.6. The summed E-state index contributed by atoms with van der Waals surface area (Å²) >= 11 is 7.16. The number of hydrogen-bond acceptors (Lipinski definition) is 5. The van der Waals surface area contributed by atoms with Crippen molar-refractivity contribution in [3.8, 4) is 0 Å². The molecule has 7 heteroatoms. The molecule has 1 aromatic heterocycles. The third-order valence-electron chi connectivity index (χ3n) is 5.23. The number of nitrogens with zero attached hydrogens (tertiary/aromatic N) is 1. The molecule has 0 bridgehead atoms. The van der Waals surface area contributed by atoms with E-state index in [1.54, 1.807) is 12.1 Å². The van der Waals surface area contributed by atoms with Crippen LogP contribution in [0, 0.1) is 5.92 Å². The topological polar surface area (TPSA) is 53.6 Å². The van der Waals surface area contributed by atoms with Crippen molar-refractivity contribution in [1.29, 1.82) is 0 Å². The Morgan fingerprint density at radius 1 is 1.21 bits per heavy atom. The van der Waals surface area contributed by atoms with E-state index in [-0.39, 0.29) is 12.0 Å². The standard InChI is InChI=1S/C21H24ClN3O2S/c22-20-7-6-19(28-20)21(26)23-13-17-12-18(24-27-17)16-8-10-25(11-9-16)14-15-4-2-1-3-5-15/h1-7,12,16-17,24H,8-11,13-14H2,(H,23,26). The van der Waals surface area contributed by atoms with Crippen LogP contribution < -0.4 is 10.8 Å². The smallest absolute Gasteiger partial charge is 0.261 e. The summed E-state index contributed by atoms with van der Waals surface area (Å²) < 4.78 is 0.615. The summed E-state index contributed by atoms with van der Waals surface area (Å²) in [6, 6.07) is 14.1. The number of likely N-dealkylation sites (tertiary alicyclic amines) is 1. The van der Waals surface area contributed by atoms with E-state index in [0.29, 0.717) is 21.7 Å². The van der Waals surface area contributed by atoms with Crippen LogP contribution in [0.3, 0.4) is 0 Å². The van der Waals surface area contributed by atoms with Gasteiger partial charge in [0.2, 0.25) is 0 Å². The second-order valence-electron chi connectivity index (χ2n) is 7.23. The molecular weight excluding hydrogens is 394 g/mol. The number of carbonyl (C=O) groups is 1. The van der Waals surface area contributed by atoms with Crippen molar-refractivity contribution in [3.63, 3.8) is 0 Å². The lowest BCUT2D eigenvalue weighted by Crippen LogP contribution is -2.35. The Balaban J connectivity index is 1.23. The summed E-state index contributed by atoms with van der Waals surface area (Å²) in [6.07, 6.45) is 4.19. The Labute approximate surface area is 174 Å². The van der Waals surface area contributed by atoms with Gasteiger partial charge in [-0.2, -0.15) is 0 Å². The number of nitrogens with one attached hydrogen (secondary N) is 2. The van der Waals surface area contributed by atoms with Gasteiger partial charge in [-0.1, -0.05) is 41.9 Å². The first-order valence-electron chi connectivity index (χ1n) is 9.60. The zero-order chi connectivity index (χ0) is 19.3. The molecule has 0 aliphatic carbocycles. The molecule has 28 heavy (non-hydrogen) atoms. The summed E-state index contributed by atoms with van der Waals surface area (Å²) in [7, 11) is 0. The maximum absolute atomic E-state index is 12.1. The van der Waals surface area contributed by atoms with Crippen LogP contribution in [0.2, 0.25) is 4.34 Å². The van der Waals surface area contributed by atoms with Crippen molar-refractivity contribution < 1.29 is 9.63 Å². The first kappa shape index (κ1) is 19.5. The van der Waals surface area contributed by atoms with Crippen LogP contribution in [-0.4, -0.2) is 36.5 Å². The second kappa shape index (κ2) is 9.09. The molecule has 2 aromatic rings. The fourth-order valence-electron chi connectivity index (χ4n) is 3.69. The van der Waals surface area contributed by atoms with Crippen molar-refractivity contribution in [2.75, 3.05) is 19.6 Å². The minimum atomic E-state index is -0.142. The fourth-order valence-corrected chi connectivity index (χ4v) is 4.65. The number of piperidine rings is 1. The van der Waals surface area contributed by atoms with Crippen molar-refractivity contribution in [3.05, 3.63) is 69.0 Å². The van der Waals surface area contributed by atoms with E-state index >= 15 is 0 Å². The van der Waals surface area contributed by atoms with E-state index in [2.05, 4.69) is 52.1 Å². The molecule has 0 saturated carbocycles. The molecule has 0 spiro atoms. The van der Waals surface area contributed by atoms with Gasteiger partial charge in [0.05, 0.1) is 15.8 Å². The molecule has 1 saturated heterocycles. The highest BCUT2D eigenvalue weighted by Crippen LogP contribution is 2.27. The van der Waals surface area contributed by atoms with E-state index in [1.807, 2.05) is 0 Å². The summed E-state index contributed by atoms with van der Waals surface area (Å²) in [5.41, 5.74) is 5.60. The average Bonchev–Trinajstić information content (AvgIpc) is 3.37. The van der Waals surface area contributed by atoms with Gasteiger partial charge in [-0.15, -0.1) is 11.3 Å². The molecule has 5 nitrogen and oxygen atoms in total. The van der Waals surface area contributed by atoms with E-state index in [0.717, 1.165) is 38.2 Å². The number of carbonyl (C=O) groups excluding carboxylic acids is 1. The van der Waals surface area contributed by atoms with Crippen molar-refractivity contribution in [2.45, 2.75) is 25.5 Å². The van der Waals surface area contributed by atoms with Crippen LogP contribution in [0.15, 0.2) is 54.2 Å². The molecule has 1 fully saturated rings. The Hall–Kier alpha value is -1.86. The molecule has 0 radical (unpaired) electrons. The lowest BCUT2D eigenvalue weighted by molar-refractivity contribution is 0.0352. The SMILES string of the molecule is O=C(NCC1C=C(C2CCN(Cc3ccccc3)CC2)NO1)c1ccc(Cl)s1. The van der Waals surface area contributed by atoms with Crippen LogP contribution in [0.25, 0.3) is 0 Å². The number of benzene rings is 1. The maximum atomic E-state index is 12.1. The molecule has 148 valence electrons. The molecule has 2 aliphatic heterocycles. The second-order valence-corrected chi connectivity index (χ2v) is 8.95. The molecule has 1 aromatic carbocycles. The van der Waals surface area contributed by atoms with Gasteiger partial charge in [0.15, 0.2) is 0 Å². The predicted molar refractivity (Wildman–Crippen MR) is 112 cm³/mol. The van der Waals surface area contributed by atoms with Gasteiger partial charge < -0.3 is 5.32 Å². The van der Waals surface area contributed by atoms with Crippen LogP contribution in [-0.2, 0) is 11.4 Å². The van der Waals surface area contributed by atoms with Crippen LogP contribution in [0.1, 0.15) is 28.1 Å². The number of amides is 1. The van der Waals surface area contributed by atoms with Crippen molar-refractivity contribution in [1.82, 2.24) is 15.7 Å². The third-order valence-corrected chi connectivity index (χ3v) is 6.46. The Bertz CT molecular complexity index is 831. The monoisotopic (exact) mass is 417 g/mol. The highest BCUT2D eigenvalue weighted by atomic mass is 35.5. The summed E-state index contributed by atoms with van der Waals surface area (Å²) in [6.45, 7) is 3.62. The lowest BCUT2D eigenvalue weighted by Gasteiger charge is -2.32. The minimum absolute atomic E-state index is 0.114. The van der Waals surface area contributed by atoms with Crippen molar-refractivity contribution in [2.24, 2.45) is 5.92 Å². The molecule has 1 amide bonds. The van der Waals surface area contributed by atoms with E-state index in [9.17, 15) is 4.79 Å². The van der Waals surface area contributed by atoms with Gasteiger partial charge in [0.1, 0.15) is 6.10 Å². The van der Waals surface area contributed by atoms with E-state index < -0.39 is 0 Å². The summed E-state index contributed by atoms with van der Waals surface area (Å²) in [4.78, 5) is 20.9. The van der Waals surface area contributed by atoms with Gasteiger partial charge in [0.25, 0.3) is 5.91 Å². The van der Waals surface area contributed by atoms with Crippen molar-refractivity contribution >= 4 is 28.8 Å². The number of hydrogen-bond donors (Lipinski definition) is 2. The van der Waals surface area contributed by atoms with Gasteiger partial charge in [-0.05, 0) is 49.7 Å². The molecule has 2 aliphatic rings. The largest absolute Gasteiger partial charge is 0.348 e.